The monoisotopic (exact) mass is 407 g/mol. The third kappa shape index (κ3) is 5.65. The molecule has 0 aliphatic carbocycles. The van der Waals surface area contributed by atoms with Gasteiger partial charge in [0.2, 0.25) is 0 Å². The maximum atomic E-state index is 13.2. The average Bonchev–Trinajstić information content (AvgIpc) is 2.72. The van der Waals surface area contributed by atoms with E-state index in [2.05, 4.69) is 16.0 Å². The molecule has 3 aromatic carbocycles. The summed E-state index contributed by atoms with van der Waals surface area (Å²) in [5.74, 6) is -2.08. The van der Waals surface area contributed by atoms with Gasteiger partial charge in [0.1, 0.15) is 12.4 Å². The van der Waals surface area contributed by atoms with Gasteiger partial charge in [-0.3, -0.25) is 9.59 Å². The predicted octanol–water partition coefficient (Wildman–Crippen LogP) is 3.95. The van der Waals surface area contributed by atoms with Gasteiger partial charge in [0.05, 0.1) is 0 Å². The molecule has 3 rings (SSSR count). The van der Waals surface area contributed by atoms with Crippen LogP contribution in [-0.4, -0.2) is 29.6 Å². The zero-order chi connectivity index (χ0) is 21.5. The van der Waals surface area contributed by atoms with Crippen LogP contribution in [0.2, 0.25) is 0 Å². The van der Waals surface area contributed by atoms with E-state index in [1.165, 1.54) is 18.2 Å². The summed E-state index contributed by atoms with van der Waals surface area (Å²) in [7, 11) is 0. The van der Waals surface area contributed by atoms with Crippen LogP contribution in [0.3, 0.4) is 0 Å². The van der Waals surface area contributed by atoms with E-state index in [4.69, 9.17) is 5.11 Å². The largest absolute Gasteiger partial charge is 0.480 e. The lowest BCUT2D eigenvalue weighted by Gasteiger charge is -2.10. The second kappa shape index (κ2) is 9.33. The highest BCUT2D eigenvalue weighted by Gasteiger charge is 2.09. The number of aliphatic carboxylic acids is 1. The van der Waals surface area contributed by atoms with Crippen LogP contribution < -0.4 is 16.0 Å². The summed E-state index contributed by atoms with van der Waals surface area (Å²) in [5, 5.41) is 16.2. The summed E-state index contributed by atoms with van der Waals surface area (Å²) in [4.78, 5) is 34.9. The Balaban J connectivity index is 1.72. The zero-order valence-corrected chi connectivity index (χ0v) is 15.7. The maximum absolute atomic E-state index is 13.2. The Hall–Kier alpha value is -4.20. The minimum Gasteiger partial charge on any atom is -0.480 e. The van der Waals surface area contributed by atoms with Crippen molar-refractivity contribution >= 4 is 29.3 Å². The van der Waals surface area contributed by atoms with Crippen LogP contribution in [0.1, 0.15) is 10.4 Å². The molecule has 3 aromatic rings. The van der Waals surface area contributed by atoms with E-state index in [0.29, 0.717) is 22.5 Å². The number of benzene rings is 3. The van der Waals surface area contributed by atoms with Gasteiger partial charge >= 0.3 is 12.0 Å². The van der Waals surface area contributed by atoms with Crippen LogP contribution in [0.4, 0.5) is 20.6 Å². The minimum atomic E-state index is -1.13. The highest BCUT2D eigenvalue weighted by molar-refractivity contribution is 6.00. The van der Waals surface area contributed by atoms with Crippen LogP contribution >= 0.6 is 0 Å². The topological polar surface area (TPSA) is 108 Å². The number of carbonyl (C=O) groups is 3. The molecule has 7 nitrogen and oxygen atoms in total. The van der Waals surface area contributed by atoms with E-state index >= 15 is 0 Å². The Kier molecular flexibility index (Phi) is 6.39. The molecule has 0 saturated heterocycles. The molecule has 3 amide bonds. The Morgan fingerprint density at radius 2 is 1.40 bits per heavy atom. The summed E-state index contributed by atoms with van der Waals surface area (Å²) in [6.45, 7) is -0.469. The molecule has 0 bridgehead atoms. The third-order valence-electron chi connectivity index (χ3n) is 4.06. The van der Waals surface area contributed by atoms with Crippen molar-refractivity contribution in [1.29, 1.82) is 0 Å². The number of halogens is 1. The fraction of sp³-hybridized carbons (Fsp3) is 0.0455. The molecule has 0 heterocycles. The van der Waals surface area contributed by atoms with Gasteiger partial charge in [0.15, 0.2) is 0 Å². The van der Waals surface area contributed by atoms with E-state index in [9.17, 15) is 18.8 Å². The molecule has 152 valence electrons. The number of carbonyl (C=O) groups excluding carboxylic acids is 2. The van der Waals surface area contributed by atoms with Crippen LogP contribution in [0.25, 0.3) is 11.1 Å². The quantitative estimate of drug-likeness (QED) is 0.496. The molecule has 4 N–H and O–H groups in total. The normalized spacial score (nSPS) is 10.2. The van der Waals surface area contributed by atoms with E-state index < -0.39 is 30.3 Å². The number of carboxylic acids is 1. The molecule has 0 aliphatic rings. The molecule has 0 aliphatic heterocycles. The first-order valence-corrected chi connectivity index (χ1v) is 8.95. The second-order valence-electron chi connectivity index (χ2n) is 6.33. The fourth-order valence-electron chi connectivity index (χ4n) is 2.73. The SMILES string of the molecule is O=C(O)CNC(=O)c1cccc(-c2cccc(NC(=O)Nc3cccc(F)c3)c2)c1. The van der Waals surface area contributed by atoms with Crippen molar-refractivity contribution in [2.45, 2.75) is 0 Å². The molecule has 0 spiro atoms. The Morgan fingerprint density at radius 1 is 0.800 bits per heavy atom. The first kappa shape index (κ1) is 20.5. The number of hydrogen-bond donors (Lipinski definition) is 4. The van der Waals surface area contributed by atoms with Crippen LogP contribution in [0, 0.1) is 5.82 Å². The van der Waals surface area contributed by atoms with Gasteiger partial charge in [-0.15, -0.1) is 0 Å². The van der Waals surface area contributed by atoms with Crippen molar-refractivity contribution in [1.82, 2.24) is 5.32 Å². The Morgan fingerprint density at radius 3 is 2.07 bits per heavy atom. The molecule has 0 atom stereocenters. The van der Waals surface area contributed by atoms with E-state index in [-0.39, 0.29) is 0 Å². The number of nitrogens with one attached hydrogen (secondary N) is 3. The summed E-state index contributed by atoms with van der Waals surface area (Å²) < 4.78 is 13.2. The fourth-order valence-corrected chi connectivity index (χ4v) is 2.73. The molecular formula is C22H18FN3O4. The van der Waals surface area contributed by atoms with Crippen molar-refractivity contribution in [3.05, 3.63) is 84.2 Å². The first-order chi connectivity index (χ1) is 14.4. The lowest BCUT2D eigenvalue weighted by Crippen LogP contribution is -2.29. The zero-order valence-electron chi connectivity index (χ0n) is 15.7. The van der Waals surface area contributed by atoms with Gasteiger partial charge in [-0.1, -0.05) is 30.3 Å². The lowest BCUT2D eigenvalue weighted by atomic mass is 10.0. The minimum absolute atomic E-state index is 0.316. The highest BCUT2D eigenvalue weighted by atomic mass is 19.1. The number of rotatable bonds is 6. The number of hydrogen-bond acceptors (Lipinski definition) is 3. The number of carboxylic acid groups (broad SMARTS) is 1. The Bertz CT molecular complexity index is 1100. The summed E-state index contributed by atoms with van der Waals surface area (Å²) in [5.41, 5.74) is 2.60. The smallest absolute Gasteiger partial charge is 0.323 e. The van der Waals surface area contributed by atoms with E-state index in [1.54, 1.807) is 48.5 Å². The van der Waals surface area contributed by atoms with E-state index in [0.717, 1.165) is 5.56 Å². The molecule has 0 radical (unpaired) electrons. The predicted molar refractivity (Wildman–Crippen MR) is 111 cm³/mol. The first-order valence-electron chi connectivity index (χ1n) is 8.95. The molecular weight excluding hydrogens is 389 g/mol. The average molecular weight is 407 g/mol. The van der Waals surface area contributed by atoms with Gasteiger partial charge < -0.3 is 21.1 Å². The van der Waals surface area contributed by atoms with Crippen LogP contribution in [-0.2, 0) is 4.79 Å². The molecule has 0 unspecified atom stereocenters. The van der Waals surface area contributed by atoms with Crippen molar-refractivity contribution in [3.8, 4) is 11.1 Å². The highest BCUT2D eigenvalue weighted by Crippen LogP contribution is 2.24. The van der Waals surface area contributed by atoms with Crippen LogP contribution in [0.15, 0.2) is 72.8 Å². The lowest BCUT2D eigenvalue weighted by molar-refractivity contribution is -0.135. The van der Waals surface area contributed by atoms with Crippen LogP contribution in [0.5, 0.6) is 0 Å². The summed E-state index contributed by atoms with van der Waals surface area (Å²) >= 11 is 0. The standard InChI is InChI=1S/C22H18FN3O4/c23-17-7-3-9-19(12-17)26-22(30)25-18-8-2-5-15(11-18)14-4-1-6-16(10-14)21(29)24-13-20(27)28/h1-12H,13H2,(H,24,29)(H,27,28)(H2,25,26,30). The second-order valence-corrected chi connectivity index (χ2v) is 6.33. The van der Waals surface area contributed by atoms with Gasteiger partial charge in [0, 0.05) is 16.9 Å². The summed E-state index contributed by atoms with van der Waals surface area (Å²) in [6, 6.07) is 18.7. The summed E-state index contributed by atoms with van der Waals surface area (Å²) in [6.07, 6.45) is 0. The van der Waals surface area contributed by atoms with Gasteiger partial charge in [-0.25, -0.2) is 9.18 Å². The number of amides is 3. The molecule has 0 saturated carbocycles. The van der Waals surface area contributed by atoms with Crippen molar-refractivity contribution in [2.24, 2.45) is 0 Å². The molecule has 30 heavy (non-hydrogen) atoms. The van der Waals surface area contributed by atoms with Crippen molar-refractivity contribution in [3.63, 3.8) is 0 Å². The Labute approximate surface area is 171 Å². The van der Waals surface area contributed by atoms with Crippen molar-refractivity contribution in [2.75, 3.05) is 17.2 Å². The third-order valence-corrected chi connectivity index (χ3v) is 4.06. The number of urea groups is 1. The molecule has 8 heteroatoms. The van der Waals surface area contributed by atoms with E-state index in [1.807, 2.05) is 6.07 Å². The van der Waals surface area contributed by atoms with Gasteiger partial charge in [0.25, 0.3) is 5.91 Å². The van der Waals surface area contributed by atoms with Gasteiger partial charge in [-0.05, 0) is 53.6 Å². The van der Waals surface area contributed by atoms with Gasteiger partial charge in [-0.2, -0.15) is 0 Å². The van der Waals surface area contributed by atoms with Crippen molar-refractivity contribution < 1.29 is 23.9 Å². The molecule has 0 aromatic heterocycles. The molecule has 0 fully saturated rings. The number of anilines is 2. The maximum Gasteiger partial charge on any atom is 0.323 e.